The molecule has 0 aliphatic carbocycles. The Hall–Kier alpha value is -2.29. The van der Waals surface area contributed by atoms with Gasteiger partial charge in [-0.25, -0.2) is 4.98 Å². The number of methoxy groups -OCH3 is 1. The predicted octanol–water partition coefficient (Wildman–Crippen LogP) is 0.957. The van der Waals surface area contributed by atoms with Crippen molar-refractivity contribution in [1.82, 2.24) is 14.8 Å². The van der Waals surface area contributed by atoms with E-state index in [1.807, 2.05) is 13.1 Å². The van der Waals surface area contributed by atoms with Crippen LogP contribution in [-0.4, -0.2) is 111 Å². The lowest BCUT2D eigenvalue weighted by atomic mass is 9.73. The first-order valence-electron chi connectivity index (χ1n) is 14.1. The van der Waals surface area contributed by atoms with Crippen molar-refractivity contribution in [2.24, 2.45) is 27.8 Å². The first-order valence-corrected chi connectivity index (χ1v) is 14.9. The number of ether oxygens (including phenoxy) is 4. The van der Waals surface area contributed by atoms with E-state index in [0.29, 0.717) is 49.2 Å². The summed E-state index contributed by atoms with van der Waals surface area (Å²) in [5, 5.41) is 11.4. The summed E-state index contributed by atoms with van der Waals surface area (Å²) in [5.74, 6) is 2.93. The molecular formula is C27H41N7O5S. The van der Waals surface area contributed by atoms with Crippen LogP contribution in [0.2, 0.25) is 0 Å². The summed E-state index contributed by atoms with van der Waals surface area (Å²) >= 11 is 1.39. The molecule has 0 bridgehead atoms. The van der Waals surface area contributed by atoms with Crippen LogP contribution >= 0.6 is 11.8 Å². The molecule has 1 spiro atoms. The zero-order valence-electron chi connectivity index (χ0n) is 23.5. The highest BCUT2D eigenvalue weighted by Crippen LogP contribution is 2.47. The van der Waals surface area contributed by atoms with Crippen LogP contribution in [-0.2, 0) is 14.2 Å². The number of guanidine groups is 1. The molecule has 3 fully saturated rings. The number of nitrogens with zero attached hydrogens (tertiary/aromatic N) is 5. The number of likely N-dealkylation sites (N-methyl/N-ethyl adjacent to an activating group) is 1. The fourth-order valence-electron chi connectivity index (χ4n) is 6.67. The maximum atomic E-state index is 11.4. The molecule has 3 saturated heterocycles. The van der Waals surface area contributed by atoms with E-state index in [4.69, 9.17) is 35.4 Å². The average molecular weight is 576 g/mol. The number of likely N-dealkylation sites (tertiary alicyclic amines) is 1. The summed E-state index contributed by atoms with van der Waals surface area (Å²) in [6, 6.07) is 2.21. The standard InChI is InChI=1S/C27H41N7O5S/c1-16-22(28)27(14-39-16)5-8-33(9-6-27)26-31-23(29)21(25(35)32(26)2)40-19-4-7-30-24-20(19)38-13-18-10-17(11-34(18)24)12-37-15-36-3/h4,7,16-18,22,25,35H,5-6,8-15,28-29H2,1-3H3/t16-,17?,18-,22+,25?/m0/s1. The smallest absolute Gasteiger partial charge is 0.205 e. The topological polar surface area (TPSA) is 144 Å². The van der Waals surface area contributed by atoms with E-state index in [2.05, 4.69) is 21.7 Å². The molecule has 1 aromatic rings. The Morgan fingerprint density at radius 1 is 1.30 bits per heavy atom. The monoisotopic (exact) mass is 575 g/mol. The number of pyridine rings is 1. The van der Waals surface area contributed by atoms with Crippen molar-refractivity contribution in [2.75, 3.05) is 65.3 Å². The van der Waals surface area contributed by atoms with Gasteiger partial charge < -0.3 is 50.2 Å². The number of aliphatic hydroxyl groups is 1. The zero-order chi connectivity index (χ0) is 28.0. The van der Waals surface area contributed by atoms with Crippen molar-refractivity contribution in [3.63, 3.8) is 0 Å². The number of aliphatic hydroxyl groups excluding tert-OH is 1. The van der Waals surface area contributed by atoms with Gasteiger partial charge in [0.1, 0.15) is 19.2 Å². The number of thioether (sulfide) groups is 1. The SMILES string of the molecule is COCOCC1C[C@H]2COc3c(SC4=C(N)N=C(N5CCC6(CC5)CO[C@@H](C)[C@H]6N)N(C)C4O)ccnc3N2C1. The predicted molar refractivity (Wildman–Crippen MR) is 152 cm³/mol. The number of aliphatic imine (C=N–C) groups is 1. The van der Waals surface area contributed by atoms with Gasteiger partial charge in [-0.2, -0.15) is 4.99 Å². The number of fused-ring (bicyclic) bond motifs is 3. The highest BCUT2D eigenvalue weighted by molar-refractivity contribution is 8.03. The van der Waals surface area contributed by atoms with Gasteiger partial charge in [0.05, 0.1) is 35.2 Å². The third-order valence-electron chi connectivity index (χ3n) is 9.10. The number of hydrogen-bond donors (Lipinski definition) is 3. The Bertz CT molecular complexity index is 1160. The van der Waals surface area contributed by atoms with E-state index in [0.717, 1.165) is 55.4 Å². The van der Waals surface area contributed by atoms with Gasteiger partial charge in [0, 0.05) is 57.4 Å². The van der Waals surface area contributed by atoms with Crippen molar-refractivity contribution in [1.29, 1.82) is 0 Å². The van der Waals surface area contributed by atoms with E-state index >= 15 is 0 Å². The zero-order valence-corrected chi connectivity index (χ0v) is 24.3. The Morgan fingerprint density at radius 3 is 2.83 bits per heavy atom. The largest absolute Gasteiger partial charge is 0.486 e. The first kappa shape index (κ1) is 27.9. The molecule has 5 atom stereocenters. The molecule has 0 amide bonds. The molecule has 0 radical (unpaired) electrons. The van der Waals surface area contributed by atoms with Gasteiger partial charge in [-0.05, 0) is 32.3 Å². The molecule has 5 aliphatic heterocycles. The average Bonchev–Trinajstić information content (AvgIpc) is 3.50. The van der Waals surface area contributed by atoms with Crippen LogP contribution in [0, 0.1) is 11.3 Å². The number of aromatic nitrogens is 1. The molecule has 0 saturated carbocycles. The maximum Gasteiger partial charge on any atom is 0.205 e. The molecule has 5 aliphatic rings. The molecule has 40 heavy (non-hydrogen) atoms. The number of piperidine rings is 1. The van der Waals surface area contributed by atoms with Gasteiger partial charge in [-0.1, -0.05) is 11.8 Å². The number of anilines is 1. The molecule has 6 heterocycles. The van der Waals surface area contributed by atoms with Gasteiger partial charge in [0.15, 0.2) is 17.8 Å². The van der Waals surface area contributed by atoms with Crippen molar-refractivity contribution in [2.45, 2.75) is 55.5 Å². The summed E-state index contributed by atoms with van der Waals surface area (Å²) in [4.78, 5) is 17.2. The molecule has 5 N–H and O–H groups in total. The van der Waals surface area contributed by atoms with Crippen LogP contribution in [0.4, 0.5) is 5.82 Å². The van der Waals surface area contributed by atoms with Crippen LogP contribution in [0.15, 0.2) is 32.9 Å². The van der Waals surface area contributed by atoms with E-state index < -0.39 is 6.23 Å². The third kappa shape index (κ3) is 4.90. The van der Waals surface area contributed by atoms with Crippen LogP contribution < -0.4 is 21.1 Å². The summed E-state index contributed by atoms with van der Waals surface area (Å²) in [7, 11) is 3.48. The van der Waals surface area contributed by atoms with E-state index in [9.17, 15) is 5.11 Å². The number of nitrogens with two attached hydrogens (primary N) is 2. The van der Waals surface area contributed by atoms with E-state index in [1.165, 1.54) is 11.8 Å². The Kier molecular flexibility index (Phi) is 7.79. The van der Waals surface area contributed by atoms with Gasteiger partial charge in [0.25, 0.3) is 0 Å². The third-order valence-corrected chi connectivity index (χ3v) is 10.3. The lowest BCUT2D eigenvalue weighted by Gasteiger charge is -2.45. The van der Waals surface area contributed by atoms with Gasteiger partial charge >= 0.3 is 0 Å². The normalized spacial score (nSPS) is 31.4. The lowest BCUT2D eigenvalue weighted by Crippen LogP contribution is -2.56. The Balaban J connectivity index is 1.17. The summed E-state index contributed by atoms with van der Waals surface area (Å²) in [6.07, 6.45) is 3.76. The van der Waals surface area contributed by atoms with E-state index in [1.54, 1.807) is 18.2 Å². The first-order chi connectivity index (χ1) is 19.3. The minimum absolute atomic E-state index is 0.0104. The van der Waals surface area contributed by atoms with Crippen LogP contribution in [0.25, 0.3) is 0 Å². The summed E-state index contributed by atoms with van der Waals surface area (Å²) in [5.41, 5.74) is 13.0. The molecule has 2 unspecified atom stereocenters. The van der Waals surface area contributed by atoms with E-state index in [-0.39, 0.29) is 23.6 Å². The molecule has 13 heteroatoms. The Labute approximate surface area is 239 Å². The van der Waals surface area contributed by atoms with Crippen LogP contribution in [0.1, 0.15) is 26.2 Å². The molecule has 220 valence electrons. The minimum atomic E-state index is -0.931. The van der Waals surface area contributed by atoms with Gasteiger partial charge in [0.2, 0.25) is 5.96 Å². The quantitative estimate of drug-likeness (QED) is 0.328. The second-order valence-corrected chi connectivity index (χ2v) is 12.7. The number of hydrogen-bond acceptors (Lipinski definition) is 13. The summed E-state index contributed by atoms with van der Waals surface area (Å²) < 4.78 is 22.7. The fourth-order valence-corrected chi connectivity index (χ4v) is 7.69. The molecule has 12 nitrogen and oxygen atoms in total. The van der Waals surface area contributed by atoms with Crippen molar-refractivity contribution in [3.8, 4) is 5.75 Å². The molecule has 0 aromatic carbocycles. The highest BCUT2D eigenvalue weighted by Gasteiger charge is 2.48. The lowest BCUT2D eigenvalue weighted by molar-refractivity contribution is -0.0414. The fraction of sp³-hybridized carbons (Fsp3) is 0.704. The number of rotatable bonds is 6. The molecule has 1 aromatic heterocycles. The summed E-state index contributed by atoms with van der Waals surface area (Å²) in [6.45, 7) is 6.70. The maximum absolute atomic E-state index is 11.4. The van der Waals surface area contributed by atoms with Crippen molar-refractivity contribution >= 4 is 23.5 Å². The van der Waals surface area contributed by atoms with Crippen molar-refractivity contribution in [3.05, 3.63) is 23.0 Å². The molecular weight excluding hydrogens is 534 g/mol. The highest BCUT2D eigenvalue weighted by atomic mass is 32.2. The second kappa shape index (κ2) is 11.2. The minimum Gasteiger partial charge on any atom is -0.486 e. The van der Waals surface area contributed by atoms with Crippen LogP contribution in [0.3, 0.4) is 0 Å². The molecule has 6 rings (SSSR count). The Morgan fingerprint density at radius 2 is 2.10 bits per heavy atom. The van der Waals surface area contributed by atoms with Gasteiger partial charge in [-0.15, -0.1) is 0 Å². The van der Waals surface area contributed by atoms with Crippen molar-refractivity contribution < 1.29 is 24.1 Å². The van der Waals surface area contributed by atoms with Gasteiger partial charge in [-0.3, -0.25) is 0 Å². The van der Waals surface area contributed by atoms with Crippen LogP contribution in [0.5, 0.6) is 5.75 Å². The second-order valence-electron chi connectivity index (χ2n) is 11.6.